The van der Waals surface area contributed by atoms with Crippen molar-refractivity contribution in [3.63, 3.8) is 0 Å². The quantitative estimate of drug-likeness (QED) is 0.424. The van der Waals surface area contributed by atoms with E-state index in [4.69, 9.17) is 38.0 Å². The van der Waals surface area contributed by atoms with Gasteiger partial charge in [-0.15, -0.1) is 11.3 Å². The molecule has 0 bridgehead atoms. The van der Waals surface area contributed by atoms with E-state index >= 15 is 0 Å². The van der Waals surface area contributed by atoms with Gasteiger partial charge in [0.1, 0.15) is 4.88 Å². The fraction of sp³-hybridized carbons (Fsp3) is 0.200. The Bertz CT molecular complexity index is 1120. The minimum absolute atomic E-state index is 0.0321. The molecule has 6 nitrogen and oxygen atoms in total. The first-order valence-electron chi connectivity index (χ1n) is 8.73. The number of hydrogen-bond acceptors (Lipinski definition) is 6. The highest BCUT2D eigenvalue weighted by molar-refractivity contribution is 7.80. The van der Waals surface area contributed by atoms with Crippen LogP contribution in [0.25, 0.3) is 10.1 Å². The molecule has 1 aromatic heterocycles. The van der Waals surface area contributed by atoms with Gasteiger partial charge in [0, 0.05) is 15.8 Å². The average Bonchev–Trinajstić information content (AvgIpc) is 3.31. The van der Waals surface area contributed by atoms with Crippen molar-refractivity contribution in [3.05, 3.63) is 51.9 Å². The monoisotopic (exact) mass is 448 g/mol. The predicted molar refractivity (Wildman–Crippen MR) is 119 cm³/mol. The third kappa shape index (κ3) is 3.96. The lowest BCUT2D eigenvalue weighted by molar-refractivity contribution is 0.0606. The number of halogens is 1. The lowest BCUT2D eigenvalue weighted by Gasteiger charge is -2.18. The topological polar surface area (TPSA) is 68.8 Å². The van der Waals surface area contributed by atoms with Crippen LogP contribution >= 0.6 is 35.2 Å². The normalized spacial score (nSPS) is 13.2. The molecule has 29 heavy (non-hydrogen) atoms. The van der Waals surface area contributed by atoms with Crippen molar-refractivity contribution >= 4 is 62.0 Å². The van der Waals surface area contributed by atoms with Crippen LogP contribution in [0, 0.1) is 0 Å². The molecule has 0 fully saturated rings. The molecule has 0 saturated heterocycles. The number of carbonyl (C=O) groups excluding carboxylic acids is 1. The van der Waals surface area contributed by atoms with E-state index in [1.165, 1.54) is 18.4 Å². The van der Waals surface area contributed by atoms with Crippen LogP contribution in [0.2, 0.25) is 5.02 Å². The molecule has 3 aromatic rings. The van der Waals surface area contributed by atoms with Gasteiger partial charge in [-0.1, -0.05) is 17.7 Å². The highest BCUT2D eigenvalue weighted by Gasteiger charge is 2.19. The van der Waals surface area contributed by atoms with Crippen molar-refractivity contribution in [1.82, 2.24) is 5.32 Å². The number of carbonyl (C=O) groups is 1. The minimum Gasteiger partial charge on any atom is -0.465 e. The van der Waals surface area contributed by atoms with E-state index in [0.717, 1.165) is 32.8 Å². The molecular formula is C20H17ClN2O4S2. The van der Waals surface area contributed by atoms with Crippen LogP contribution in [0.5, 0.6) is 11.5 Å². The van der Waals surface area contributed by atoms with Gasteiger partial charge in [-0.3, -0.25) is 0 Å². The number of anilines is 1. The number of hydrogen-bond donors (Lipinski definition) is 2. The fourth-order valence-electron chi connectivity index (χ4n) is 3.00. The van der Waals surface area contributed by atoms with Gasteiger partial charge in [-0.05, 0) is 55.0 Å². The zero-order chi connectivity index (χ0) is 20.5. The average molecular weight is 449 g/mol. The molecular weight excluding hydrogens is 432 g/mol. The Kier molecular flexibility index (Phi) is 5.49. The van der Waals surface area contributed by atoms with Gasteiger partial charge in [0.25, 0.3) is 0 Å². The highest BCUT2D eigenvalue weighted by Crippen LogP contribution is 2.37. The Hall–Kier alpha value is -2.55. The largest absolute Gasteiger partial charge is 0.465 e. The standard InChI is InChI=1S/C20H17ClN2O4S2/c1-10(11-3-6-14-15(7-11)27-9-26-14)22-20(28)23-12-4-5-13-16(8-12)29-18(17(13)21)19(24)25-2/h3-8,10H,9H2,1-2H3,(H2,22,23,28)/t10-/m1/s1. The molecule has 1 aliphatic rings. The van der Waals surface area contributed by atoms with Gasteiger partial charge in [-0.25, -0.2) is 4.79 Å². The summed E-state index contributed by atoms with van der Waals surface area (Å²) in [6.07, 6.45) is 0. The van der Waals surface area contributed by atoms with Crippen molar-refractivity contribution in [3.8, 4) is 11.5 Å². The summed E-state index contributed by atoms with van der Waals surface area (Å²) < 4.78 is 16.4. The number of rotatable bonds is 4. The second kappa shape index (κ2) is 8.06. The van der Waals surface area contributed by atoms with Crippen molar-refractivity contribution in [2.24, 2.45) is 0 Å². The molecule has 2 aromatic carbocycles. The van der Waals surface area contributed by atoms with Crippen LogP contribution in [0.1, 0.15) is 28.2 Å². The summed E-state index contributed by atoms with van der Waals surface area (Å²) in [6.45, 7) is 2.25. The molecule has 0 amide bonds. The molecule has 4 rings (SSSR count). The lowest BCUT2D eigenvalue weighted by Crippen LogP contribution is -2.30. The van der Waals surface area contributed by atoms with Crippen LogP contribution in [-0.2, 0) is 4.74 Å². The number of ether oxygens (including phenoxy) is 3. The number of esters is 1. The van der Waals surface area contributed by atoms with Gasteiger partial charge in [0.2, 0.25) is 6.79 Å². The molecule has 9 heteroatoms. The molecule has 0 spiro atoms. The van der Waals surface area contributed by atoms with Crippen LogP contribution in [-0.4, -0.2) is 25.0 Å². The molecule has 1 atom stereocenters. The molecule has 0 aliphatic carbocycles. The minimum atomic E-state index is -0.444. The predicted octanol–water partition coefficient (Wildman–Crippen LogP) is 5.12. The van der Waals surface area contributed by atoms with Crippen molar-refractivity contribution in [2.45, 2.75) is 13.0 Å². The van der Waals surface area contributed by atoms with E-state index in [9.17, 15) is 4.79 Å². The highest BCUT2D eigenvalue weighted by atomic mass is 35.5. The zero-order valence-corrected chi connectivity index (χ0v) is 18.0. The van der Waals surface area contributed by atoms with Gasteiger partial charge < -0.3 is 24.8 Å². The maximum Gasteiger partial charge on any atom is 0.349 e. The third-order valence-electron chi connectivity index (χ3n) is 4.50. The number of thiophene rings is 1. The van der Waals surface area contributed by atoms with Crippen LogP contribution in [0.3, 0.4) is 0 Å². The van der Waals surface area contributed by atoms with Crippen LogP contribution < -0.4 is 20.1 Å². The smallest absolute Gasteiger partial charge is 0.349 e. The van der Waals surface area contributed by atoms with Crippen molar-refractivity contribution < 1.29 is 19.0 Å². The number of nitrogens with one attached hydrogen (secondary N) is 2. The fourth-order valence-corrected chi connectivity index (χ4v) is 4.76. The summed E-state index contributed by atoms with van der Waals surface area (Å²) >= 11 is 13.0. The first kappa shape index (κ1) is 19.8. The molecule has 150 valence electrons. The number of thiocarbonyl (C=S) groups is 1. The van der Waals surface area contributed by atoms with E-state index in [1.807, 2.05) is 43.3 Å². The Morgan fingerprint density at radius 3 is 2.83 bits per heavy atom. The van der Waals surface area contributed by atoms with Crippen molar-refractivity contribution in [2.75, 3.05) is 19.2 Å². The Morgan fingerprint density at radius 1 is 1.24 bits per heavy atom. The lowest BCUT2D eigenvalue weighted by atomic mass is 10.1. The van der Waals surface area contributed by atoms with Crippen LogP contribution in [0.15, 0.2) is 36.4 Å². The maximum absolute atomic E-state index is 11.8. The van der Waals surface area contributed by atoms with E-state index in [2.05, 4.69) is 10.6 Å². The summed E-state index contributed by atoms with van der Waals surface area (Å²) in [5, 5.41) is 8.11. The summed E-state index contributed by atoms with van der Waals surface area (Å²) in [6, 6.07) is 11.4. The SMILES string of the molecule is COC(=O)c1sc2cc(NC(=S)N[C@H](C)c3ccc4c(c3)OCO4)ccc2c1Cl. The third-order valence-corrected chi connectivity index (χ3v) is 6.36. The summed E-state index contributed by atoms with van der Waals surface area (Å²) in [5.41, 5.74) is 1.82. The first-order chi connectivity index (χ1) is 14.0. The summed E-state index contributed by atoms with van der Waals surface area (Å²) in [5.74, 6) is 1.03. The second-order valence-electron chi connectivity index (χ2n) is 6.38. The van der Waals surface area contributed by atoms with E-state index < -0.39 is 5.97 Å². The second-order valence-corrected chi connectivity index (χ2v) is 8.22. The van der Waals surface area contributed by atoms with Gasteiger partial charge >= 0.3 is 5.97 Å². The Balaban J connectivity index is 1.46. The van der Waals surface area contributed by atoms with Crippen LogP contribution in [0.4, 0.5) is 5.69 Å². The molecule has 2 N–H and O–H groups in total. The first-order valence-corrected chi connectivity index (χ1v) is 10.3. The van der Waals surface area contributed by atoms with E-state index in [0.29, 0.717) is 15.0 Å². The number of fused-ring (bicyclic) bond motifs is 2. The Labute approximate surface area is 181 Å². The molecule has 1 aliphatic heterocycles. The van der Waals surface area contributed by atoms with E-state index in [-0.39, 0.29) is 12.8 Å². The number of methoxy groups -OCH3 is 1. The molecule has 0 unspecified atom stereocenters. The Morgan fingerprint density at radius 2 is 2.03 bits per heavy atom. The molecule has 0 radical (unpaired) electrons. The molecule has 0 saturated carbocycles. The van der Waals surface area contributed by atoms with Gasteiger partial charge in [0.05, 0.1) is 18.2 Å². The zero-order valence-electron chi connectivity index (χ0n) is 15.6. The van der Waals surface area contributed by atoms with E-state index in [1.54, 1.807) is 0 Å². The van der Waals surface area contributed by atoms with Gasteiger partial charge in [0.15, 0.2) is 16.6 Å². The molecule has 2 heterocycles. The van der Waals surface area contributed by atoms with Gasteiger partial charge in [-0.2, -0.15) is 0 Å². The summed E-state index contributed by atoms with van der Waals surface area (Å²) in [4.78, 5) is 12.2. The van der Waals surface area contributed by atoms with Crippen molar-refractivity contribution in [1.29, 1.82) is 0 Å². The maximum atomic E-state index is 11.8. The summed E-state index contributed by atoms with van der Waals surface area (Å²) in [7, 11) is 1.33. The number of benzene rings is 2.